The lowest BCUT2D eigenvalue weighted by molar-refractivity contribution is 0.727. The Balaban J connectivity index is 0.0000001000. The minimum atomic E-state index is 0.958. The van der Waals surface area contributed by atoms with Crippen molar-refractivity contribution >= 4 is 0 Å². The van der Waals surface area contributed by atoms with Crippen LogP contribution in [0, 0.1) is 0 Å². The zero-order valence-corrected chi connectivity index (χ0v) is 5.54. The topological polar surface area (TPSA) is 52.7 Å². The summed E-state index contributed by atoms with van der Waals surface area (Å²) in [5, 5.41) is 6.21. The summed E-state index contributed by atoms with van der Waals surface area (Å²) < 4.78 is 0. The van der Waals surface area contributed by atoms with Crippen LogP contribution in [-0.2, 0) is 0 Å². The van der Waals surface area contributed by atoms with Crippen LogP contribution in [-0.4, -0.2) is 16.7 Å². The Morgan fingerprint density at radius 3 is 2.60 bits per heavy atom. The van der Waals surface area contributed by atoms with Gasteiger partial charge in [0.1, 0.15) is 0 Å². The van der Waals surface area contributed by atoms with Gasteiger partial charge in [0.2, 0.25) is 0 Å². The molecule has 0 atom stereocenters. The number of hydrogen-bond donors (Lipinski definition) is 3. The fraction of sp³-hybridized carbons (Fsp3) is 0.167. The maximum absolute atomic E-state index is 3.60. The molecule has 0 radical (unpaired) electrons. The van der Waals surface area contributed by atoms with Crippen LogP contribution in [0.5, 0.6) is 0 Å². The van der Waals surface area contributed by atoms with Crippen LogP contribution in [0.4, 0.5) is 0 Å². The maximum Gasteiger partial charge on any atom is 0.0487 e. The molecule has 4 nitrogen and oxygen atoms in total. The van der Waals surface area contributed by atoms with E-state index in [1.165, 1.54) is 0 Å². The molecule has 0 aliphatic carbocycles. The number of hydrogen-bond acceptors (Lipinski definition) is 3. The van der Waals surface area contributed by atoms with E-state index in [1.807, 2.05) is 18.3 Å². The number of hydrazine groups is 1. The Morgan fingerprint density at radius 1 is 1.40 bits per heavy atom. The van der Waals surface area contributed by atoms with Gasteiger partial charge in [-0.3, -0.25) is 5.10 Å². The van der Waals surface area contributed by atoms with Crippen LogP contribution < -0.4 is 10.9 Å². The van der Waals surface area contributed by atoms with Crippen molar-refractivity contribution in [2.24, 2.45) is 0 Å². The molecule has 0 saturated carbocycles. The molecule has 0 amide bonds. The second-order valence-electron chi connectivity index (χ2n) is 1.69. The van der Waals surface area contributed by atoms with Gasteiger partial charge in [0.05, 0.1) is 0 Å². The second kappa shape index (κ2) is 4.58. The van der Waals surface area contributed by atoms with E-state index in [2.05, 4.69) is 21.0 Å². The molecule has 54 valence electrons. The highest BCUT2D eigenvalue weighted by molar-refractivity contribution is 4.85. The number of nitrogens with one attached hydrogen (secondary N) is 3. The molecule has 3 N–H and O–H groups in total. The third-order valence-corrected chi connectivity index (χ3v) is 0.929. The van der Waals surface area contributed by atoms with Crippen molar-refractivity contribution < 1.29 is 0 Å². The first-order chi connectivity index (χ1) is 5.00. The molecular formula is C6H10N4. The average molecular weight is 138 g/mol. The van der Waals surface area contributed by atoms with Gasteiger partial charge in [-0.1, -0.05) is 6.08 Å². The summed E-state index contributed by atoms with van der Waals surface area (Å²) in [6.07, 6.45) is 7.35. The van der Waals surface area contributed by atoms with E-state index >= 15 is 0 Å². The van der Waals surface area contributed by atoms with Crippen LogP contribution in [0.1, 0.15) is 0 Å². The number of H-pyrrole nitrogens is 1. The van der Waals surface area contributed by atoms with Crippen LogP contribution >= 0.6 is 0 Å². The second-order valence-corrected chi connectivity index (χ2v) is 1.69. The summed E-state index contributed by atoms with van der Waals surface area (Å²) in [6, 6.07) is 1.83. The van der Waals surface area contributed by atoms with E-state index < -0.39 is 0 Å². The SMILES string of the molecule is C1=CNNC1.c1cn[nH]c1. The number of aromatic amines is 1. The maximum atomic E-state index is 3.60. The van der Waals surface area contributed by atoms with Gasteiger partial charge >= 0.3 is 0 Å². The van der Waals surface area contributed by atoms with Crippen molar-refractivity contribution in [1.29, 1.82) is 0 Å². The summed E-state index contributed by atoms with van der Waals surface area (Å²) in [6.45, 7) is 0.958. The van der Waals surface area contributed by atoms with Crippen LogP contribution in [0.3, 0.4) is 0 Å². The monoisotopic (exact) mass is 138 g/mol. The highest BCUT2D eigenvalue weighted by Crippen LogP contribution is 1.67. The van der Waals surface area contributed by atoms with Gasteiger partial charge < -0.3 is 5.43 Å². The Labute approximate surface area is 59.3 Å². The Morgan fingerprint density at radius 2 is 2.40 bits per heavy atom. The summed E-state index contributed by atoms with van der Waals surface area (Å²) in [5.41, 5.74) is 5.65. The van der Waals surface area contributed by atoms with Crippen molar-refractivity contribution in [2.75, 3.05) is 6.54 Å². The lowest BCUT2D eigenvalue weighted by Crippen LogP contribution is -2.19. The molecule has 0 fully saturated rings. The normalized spacial score (nSPS) is 13.6. The Bertz CT molecular complexity index is 145. The van der Waals surface area contributed by atoms with E-state index in [-0.39, 0.29) is 0 Å². The first-order valence-electron chi connectivity index (χ1n) is 3.07. The molecule has 1 aromatic rings. The van der Waals surface area contributed by atoms with Crippen LogP contribution in [0.2, 0.25) is 0 Å². The quantitative estimate of drug-likeness (QED) is 0.473. The third kappa shape index (κ3) is 2.88. The van der Waals surface area contributed by atoms with Crippen molar-refractivity contribution in [1.82, 2.24) is 21.0 Å². The molecule has 0 aromatic carbocycles. The minimum absolute atomic E-state index is 0.958. The Kier molecular flexibility index (Phi) is 3.12. The van der Waals surface area contributed by atoms with Crippen molar-refractivity contribution in [3.63, 3.8) is 0 Å². The number of nitrogens with zero attached hydrogens (tertiary/aromatic N) is 1. The molecule has 2 rings (SSSR count). The zero-order chi connectivity index (χ0) is 7.07. The zero-order valence-electron chi connectivity index (χ0n) is 5.54. The predicted octanol–water partition coefficient (Wildman–Crippen LogP) is 0.0176. The van der Waals surface area contributed by atoms with E-state index in [1.54, 1.807) is 12.4 Å². The predicted molar refractivity (Wildman–Crippen MR) is 38.9 cm³/mol. The molecule has 4 heteroatoms. The van der Waals surface area contributed by atoms with Crippen LogP contribution in [0.25, 0.3) is 0 Å². The van der Waals surface area contributed by atoms with Gasteiger partial charge in [-0.25, -0.2) is 5.43 Å². The summed E-state index contributed by atoms with van der Waals surface area (Å²) >= 11 is 0. The highest BCUT2D eigenvalue weighted by Gasteiger charge is 1.78. The standard InChI is InChI=1S/C3H6N2.C3H4N2/c2*1-2-4-5-3-1/h1-2,4-5H,3H2;1-3H,(H,4,5). The first kappa shape index (κ1) is 6.82. The van der Waals surface area contributed by atoms with Gasteiger partial charge in [-0.05, 0) is 6.07 Å². The van der Waals surface area contributed by atoms with Crippen molar-refractivity contribution in [2.45, 2.75) is 0 Å². The molecule has 0 bridgehead atoms. The van der Waals surface area contributed by atoms with Crippen molar-refractivity contribution in [3.8, 4) is 0 Å². The molecule has 1 aliphatic rings. The number of aromatic nitrogens is 2. The van der Waals surface area contributed by atoms with Gasteiger partial charge in [0.25, 0.3) is 0 Å². The fourth-order valence-corrected chi connectivity index (χ4v) is 0.510. The lowest BCUT2D eigenvalue weighted by Gasteiger charge is -1.83. The highest BCUT2D eigenvalue weighted by atomic mass is 15.4. The third-order valence-electron chi connectivity index (χ3n) is 0.929. The smallest absolute Gasteiger partial charge is 0.0487 e. The van der Waals surface area contributed by atoms with Gasteiger partial charge in [-0.2, -0.15) is 5.10 Å². The lowest BCUT2D eigenvalue weighted by atomic mass is 10.7. The molecule has 0 spiro atoms. The summed E-state index contributed by atoms with van der Waals surface area (Å²) in [7, 11) is 0. The summed E-state index contributed by atoms with van der Waals surface area (Å²) in [4.78, 5) is 0. The summed E-state index contributed by atoms with van der Waals surface area (Å²) in [5.74, 6) is 0. The van der Waals surface area contributed by atoms with Crippen LogP contribution in [0.15, 0.2) is 30.7 Å². The molecule has 0 unspecified atom stereocenters. The molecule has 0 saturated heterocycles. The minimum Gasteiger partial charge on any atom is -0.329 e. The van der Waals surface area contributed by atoms with E-state index in [4.69, 9.17) is 0 Å². The molecular weight excluding hydrogens is 128 g/mol. The molecule has 2 heterocycles. The Hall–Kier alpha value is -1.29. The molecule has 10 heavy (non-hydrogen) atoms. The van der Waals surface area contributed by atoms with E-state index in [0.717, 1.165) is 6.54 Å². The molecule has 1 aliphatic heterocycles. The first-order valence-corrected chi connectivity index (χ1v) is 3.07. The fourth-order valence-electron chi connectivity index (χ4n) is 0.510. The van der Waals surface area contributed by atoms with Crippen molar-refractivity contribution in [3.05, 3.63) is 30.7 Å². The largest absolute Gasteiger partial charge is 0.329 e. The van der Waals surface area contributed by atoms with E-state index in [9.17, 15) is 0 Å². The molecule has 1 aromatic heterocycles. The van der Waals surface area contributed by atoms with Gasteiger partial charge in [0, 0.05) is 25.1 Å². The van der Waals surface area contributed by atoms with E-state index in [0.29, 0.717) is 0 Å². The van der Waals surface area contributed by atoms with Gasteiger partial charge in [-0.15, -0.1) is 0 Å². The van der Waals surface area contributed by atoms with Gasteiger partial charge in [0.15, 0.2) is 0 Å². The average Bonchev–Trinajstić information content (AvgIpc) is 2.67. The number of rotatable bonds is 0.